The minimum atomic E-state index is -0.425. The molecule has 1 aliphatic heterocycles. The third-order valence-electron chi connectivity index (χ3n) is 3.63. The normalized spacial score (nSPS) is 14.1. The molecule has 1 aliphatic rings. The molecule has 0 saturated carbocycles. The number of hydrogen-bond acceptors (Lipinski definition) is 4. The molecule has 1 aromatic carbocycles. The van der Waals surface area contributed by atoms with E-state index in [0.29, 0.717) is 18.0 Å². The van der Waals surface area contributed by atoms with Gasteiger partial charge in [-0.05, 0) is 29.7 Å². The van der Waals surface area contributed by atoms with E-state index in [-0.39, 0.29) is 10.9 Å². The number of thiophene rings is 1. The summed E-state index contributed by atoms with van der Waals surface area (Å²) in [6.07, 6.45) is 3.99. The van der Waals surface area contributed by atoms with E-state index < -0.39 is 4.92 Å². The molecule has 0 aliphatic carbocycles. The van der Waals surface area contributed by atoms with Crippen LogP contribution in [0.1, 0.15) is 16.0 Å². The summed E-state index contributed by atoms with van der Waals surface area (Å²) in [5.74, 6) is -0.0643. The van der Waals surface area contributed by atoms with Gasteiger partial charge in [0.2, 0.25) is 5.91 Å². The molecule has 0 saturated heterocycles. The smallest absolute Gasteiger partial charge is 0.324 e. The van der Waals surface area contributed by atoms with Crippen LogP contribution in [0.5, 0.6) is 0 Å². The van der Waals surface area contributed by atoms with Crippen LogP contribution in [0.15, 0.2) is 42.5 Å². The van der Waals surface area contributed by atoms with Crippen LogP contribution in [0.25, 0.3) is 6.08 Å². The zero-order valence-corrected chi connectivity index (χ0v) is 12.6. The Bertz CT molecular complexity index is 751. The molecular weight excluding hydrogens is 300 g/mol. The first-order valence-corrected chi connectivity index (χ1v) is 7.73. The topological polar surface area (TPSA) is 63.4 Å². The van der Waals surface area contributed by atoms with E-state index in [0.717, 1.165) is 17.8 Å². The molecule has 1 amide bonds. The maximum Gasteiger partial charge on any atom is 0.324 e. The Hall–Kier alpha value is -2.47. The van der Waals surface area contributed by atoms with Crippen LogP contribution in [-0.2, 0) is 17.8 Å². The van der Waals surface area contributed by atoms with Crippen molar-refractivity contribution in [3.63, 3.8) is 0 Å². The SMILES string of the molecule is O=C(/C=C/c1ccc([N+](=O)[O-])s1)N1CCc2ccccc2C1. The highest BCUT2D eigenvalue weighted by molar-refractivity contribution is 7.16. The summed E-state index contributed by atoms with van der Waals surface area (Å²) in [4.78, 5) is 24.9. The van der Waals surface area contributed by atoms with Crippen molar-refractivity contribution in [2.24, 2.45) is 0 Å². The van der Waals surface area contributed by atoms with Gasteiger partial charge < -0.3 is 4.90 Å². The van der Waals surface area contributed by atoms with Crippen LogP contribution in [0.2, 0.25) is 0 Å². The number of fused-ring (bicyclic) bond motifs is 1. The van der Waals surface area contributed by atoms with Crippen molar-refractivity contribution >= 4 is 28.3 Å². The molecule has 0 spiro atoms. The molecule has 0 N–H and O–H groups in total. The number of amides is 1. The van der Waals surface area contributed by atoms with Gasteiger partial charge in [0.1, 0.15) is 0 Å². The molecule has 0 radical (unpaired) electrons. The largest absolute Gasteiger partial charge is 0.334 e. The van der Waals surface area contributed by atoms with Crippen LogP contribution in [0.4, 0.5) is 5.00 Å². The maximum absolute atomic E-state index is 12.2. The van der Waals surface area contributed by atoms with E-state index in [2.05, 4.69) is 6.07 Å². The van der Waals surface area contributed by atoms with Gasteiger partial charge in [0, 0.05) is 30.1 Å². The van der Waals surface area contributed by atoms with Crippen molar-refractivity contribution in [2.45, 2.75) is 13.0 Å². The van der Waals surface area contributed by atoms with Crippen LogP contribution in [0.3, 0.4) is 0 Å². The molecule has 22 heavy (non-hydrogen) atoms. The second kappa shape index (κ2) is 6.11. The molecule has 0 bridgehead atoms. The first-order chi connectivity index (χ1) is 10.6. The number of hydrogen-bond donors (Lipinski definition) is 0. The predicted octanol–water partition coefficient (Wildman–Crippen LogP) is 3.25. The predicted molar refractivity (Wildman–Crippen MR) is 85.6 cm³/mol. The Kier molecular flexibility index (Phi) is 4.02. The summed E-state index contributed by atoms with van der Waals surface area (Å²) in [5.41, 5.74) is 2.48. The zero-order valence-electron chi connectivity index (χ0n) is 11.8. The second-order valence-corrected chi connectivity index (χ2v) is 6.14. The number of nitrogens with zero attached hydrogens (tertiary/aromatic N) is 2. The average Bonchev–Trinajstić information content (AvgIpc) is 3.01. The van der Waals surface area contributed by atoms with Gasteiger partial charge in [-0.3, -0.25) is 14.9 Å². The molecule has 0 unspecified atom stereocenters. The Morgan fingerprint density at radius 3 is 2.73 bits per heavy atom. The summed E-state index contributed by atoms with van der Waals surface area (Å²) in [7, 11) is 0. The highest BCUT2D eigenvalue weighted by atomic mass is 32.1. The van der Waals surface area contributed by atoms with Crippen molar-refractivity contribution in [2.75, 3.05) is 6.54 Å². The number of carbonyl (C=O) groups is 1. The summed E-state index contributed by atoms with van der Waals surface area (Å²) < 4.78 is 0. The van der Waals surface area contributed by atoms with Crippen molar-refractivity contribution in [3.05, 3.63) is 68.6 Å². The summed E-state index contributed by atoms with van der Waals surface area (Å²) in [6.45, 7) is 1.31. The molecule has 112 valence electrons. The van der Waals surface area contributed by atoms with Gasteiger partial charge in [-0.2, -0.15) is 0 Å². The van der Waals surface area contributed by atoms with Gasteiger partial charge in [-0.15, -0.1) is 0 Å². The lowest BCUT2D eigenvalue weighted by molar-refractivity contribution is -0.380. The third-order valence-corrected chi connectivity index (χ3v) is 4.63. The van der Waals surface area contributed by atoms with Crippen LogP contribution < -0.4 is 0 Å². The van der Waals surface area contributed by atoms with E-state index in [1.54, 1.807) is 17.0 Å². The molecule has 0 atom stereocenters. The molecule has 0 fully saturated rings. The van der Waals surface area contributed by atoms with Crippen molar-refractivity contribution in [3.8, 4) is 0 Å². The summed E-state index contributed by atoms with van der Waals surface area (Å²) in [5, 5.41) is 10.7. The molecule has 1 aromatic heterocycles. The lowest BCUT2D eigenvalue weighted by Gasteiger charge is -2.27. The lowest BCUT2D eigenvalue weighted by Crippen LogP contribution is -2.34. The summed E-state index contributed by atoms with van der Waals surface area (Å²) in [6, 6.07) is 11.2. The highest BCUT2D eigenvalue weighted by Gasteiger charge is 2.18. The zero-order chi connectivity index (χ0) is 15.5. The highest BCUT2D eigenvalue weighted by Crippen LogP contribution is 2.25. The first kappa shape index (κ1) is 14.5. The average molecular weight is 314 g/mol. The molecule has 5 nitrogen and oxygen atoms in total. The summed E-state index contributed by atoms with van der Waals surface area (Å²) >= 11 is 1.06. The van der Waals surface area contributed by atoms with Gasteiger partial charge in [0.05, 0.1) is 4.92 Å². The molecule has 6 heteroatoms. The van der Waals surface area contributed by atoms with Crippen LogP contribution in [-0.4, -0.2) is 22.3 Å². The first-order valence-electron chi connectivity index (χ1n) is 6.91. The van der Waals surface area contributed by atoms with Crippen LogP contribution >= 0.6 is 11.3 Å². The quantitative estimate of drug-likeness (QED) is 0.496. The van der Waals surface area contributed by atoms with Gasteiger partial charge in [-0.1, -0.05) is 35.6 Å². The van der Waals surface area contributed by atoms with Crippen LogP contribution in [0, 0.1) is 10.1 Å². The van der Waals surface area contributed by atoms with E-state index in [9.17, 15) is 14.9 Å². The minimum absolute atomic E-state index is 0.0643. The number of nitro groups is 1. The Morgan fingerprint density at radius 2 is 2.00 bits per heavy atom. The van der Waals surface area contributed by atoms with Crippen molar-refractivity contribution in [1.29, 1.82) is 0 Å². The third kappa shape index (κ3) is 3.07. The van der Waals surface area contributed by atoms with E-state index in [1.165, 1.54) is 23.3 Å². The van der Waals surface area contributed by atoms with Gasteiger partial charge in [-0.25, -0.2) is 0 Å². The standard InChI is InChI=1S/C16H14N2O3S/c19-15(7-5-14-6-8-16(22-14)18(20)21)17-10-9-12-3-1-2-4-13(12)11-17/h1-8H,9-11H2/b7-5+. The van der Waals surface area contributed by atoms with Crippen molar-refractivity contribution < 1.29 is 9.72 Å². The fourth-order valence-electron chi connectivity index (χ4n) is 2.47. The fourth-order valence-corrected chi connectivity index (χ4v) is 3.20. The van der Waals surface area contributed by atoms with E-state index >= 15 is 0 Å². The van der Waals surface area contributed by atoms with Crippen molar-refractivity contribution in [1.82, 2.24) is 4.90 Å². The Morgan fingerprint density at radius 1 is 1.23 bits per heavy atom. The number of benzene rings is 1. The van der Waals surface area contributed by atoms with Gasteiger partial charge in [0.25, 0.3) is 0 Å². The van der Waals surface area contributed by atoms with Gasteiger partial charge in [0.15, 0.2) is 0 Å². The van der Waals surface area contributed by atoms with E-state index in [4.69, 9.17) is 0 Å². The molecule has 2 aromatic rings. The Balaban J connectivity index is 1.67. The molecular formula is C16H14N2O3S. The number of carbonyl (C=O) groups excluding carboxylic acids is 1. The monoisotopic (exact) mass is 314 g/mol. The van der Waals surface area contributed by atoms with E-state index in [1.807, 2.05) is 18.2 Å². The van der Waals surface area contributed by atoms with Gasteiger partial charge >= 0.3 is 5.00 Å². The lowest BCUT2D eigenvalue weighted by atomic mass is 10.00. The number of rotatable bonds is 3. The maximum atomic E-state index is 12.2. The molecule has 2 heterocycles. The fraction of sp³-hybridized carbons (Fsp3) is 0.188. The second-order valence-electron chi connectivity index (χ2n) is 5.04. The molecule has 3 rings (SSSR count). The Labute approximate surface area is 131 Å². The minimum Gasteiger partial charge on any atom is -0.334 e.